The summed E-state index contributed by atoms with van der Waals surface area (Å²) in [5.41, 5.74) is -0.980. The maximum Gasteiger partial charge on any atom is 0.311 e. The molecule has 3 aromatic rings. The average molecular weight is 499 g/mol. The predicted octanol–water partition coefficient (Wildman–Crippen LogP) is 4.73. The number of nitro benzene ring substituents is 1. The molecule has 2 N–H and O–H groups in total. The highest BCUT2D eigenvalue weighted by Crippen LogP contribution is 2.44. The van der Waals surface area contributed by atoms with Gasteiger partial charge in [-0.3, -0.25) is 24.6 Å². The van der Waals surface area contributed by atoms with Gasteiger partial charge >= 0.3 is 5.69 Å². The van der Waals surface area contributed by atoms with Crippen molar-refractivity contribution >= 4 is 40.4 Å². The molecule has 11 heteroatoms. The highest BCUT2D eigenvalue weighted by atomic mass is 35.5. The number of methoxy groups -OCH3 is 1. The lowest BCUT2D eigenvalue weighted by Gasteiger charge is -2.25. The van der Waals surface area contributed by atoms with Gasteiger partial charge in [-0.25, -0.2) is 4.39 Å². The van der Waals surface area contributed by atoms with Gasteiger partial charge in [-0.15, -0.1) is 0 Å². The molecule has 1 fully saturated rings. The van der Waals surface area contributed by atoms with Crippen molar-refractivity contribution in [1.82, 2.24) is 0 Å². The molecule has 35 heavy (non-hydrogen) atoms. The first kappa shape index (κ1) is 23.7. The van der Waals surface area contributed by atoms with Crippen LogP contribution in [-0.2, 0) is 9.59 Å². The molecule has 1 aliphatic rings. The minimum absolute atomic E-state index is 0.0134. The van der Waals surface area contributed by atoms with Crippen LogP contribution in [0.3, 0.4) is 0 Å². The first-order valence-corrected chi connectivity index (χ1v) is 10.4. The zero-order valence-electron chi connectivity index (χ0n) is 17.9. The van der Waals surface area contributed by atoms with Crippen LogP contribution in [0.2, 0.25) is 5.02 Å². The van der Waals surface area contributed by atoms with Gasteiger partial charge in [-0.2, -0.15) is 0 Å². The van der Waals surface area contributed by atoms with E-state index in [0.717, 1.165) is 29.2 Å². The normalized spacial score (nSPS) is 17.0. The Morgan fingerprint density at radius 3 is 2.54 bits per heavy atom. The van der Waals surface area contributed by atoms with E-state index in [2.05, 4.69) is 0 Å². The lowest BCUT2D eigenvalue weighted by molar-refractivity contribution is -0.385. The van der Waals surface area contributed by atoms with Gasteiger partial charge in [0.25, 0.3) is 11.7 Å². The van der Waals surface area contributed by atoms with Gasteiger partial charge in [-0.1, -0.05) is 23.7 Å². The maximum absolute atomic E-state index is 14.0. The van der Waals surface area contributed by atoms with Crippen LogP contribution in [0.1, 0.15) is 17.2 Å². The molecule has 0 aliphatic carbocycles. The van der Waals surface area contributed by atoms with Crippen molar-refractivity contribution in [3.05, 3.63) is 98.3 Å². The molecule has 1 amide bonds. The van der Waals surface area contributed by atoms with Crippen LogP contribution in [0.25, 0.3) is 5.76 Å². The number of ketones is 1. The zero-order valence-corrected chi connectivity index (χ0v) is 18.7. The molecule has 178 valence electrons. The number of amides is 1. The fraction of sp³-hybridized carbons (Fsp3) is 0.0833. The van der Waals surface area contributed by atoms with E-state index in [4.69, 9.17) is 16.3 Å². The number of hydrogen-bond donors (Lipinski definition) is 2. The van der Waals surface area contributed by atoms with Gasteiger partial charge < -0.3 is 14.9 Å². The van der Waals surface area contributed by atoms with E-state index in [1.165, 1.54) is 43.5 Å². The third kappa shape index (κ3) is 4.15. The topological polar surface area (TPSA) is 130 Å². The van der Waals surface area contributed by atoms with Gasteiger partial charge in [0.15, 0.2) is 5.75 Å². The van der Waals surface area contributed by atoms with E-state index in [-0.39, 0.29) is 27.6 Å². The number of nitrogens with zero attached hydrogens (tertiary/aromatic N) is 2. The summed E-state index contributed by atoms with van der Waals surface area (Å²) >= 11 is 6.04. The van der Waals surface area contributed by atoms with E-state index in [9.17, 15) is 34.3 Å². The quantitative estimate of drug-likeness (QED) is 0.171. The second kappa shape index (κ2) is 9.07. The number of phenolic OH excluding ortho intramolecular Hbond substituents is 1. The minimum atomic E-state index is -1.38. The van der Waals surface area contributed by atoms with Gasteiger partial charge in [0.05, 0.1) is 28.7 Å². The Balaban J connectivity index is 2.00. The number of nitro groups is 1. The van der Waals surface area contributed by atoms with Gasteiger partial charge in [0, 0.05) is 17.3 Å². The molecule has 1 heterocycles. The summed E-state index contributed by atoms with van der Waals surface area (Å²) in [6.07, 6.45) is 0. The molecule has 1 aliphatic heterocycles. The van der Waals surface area contributed by atoms with Crippen molar-refractivity contribution in [3.8, 4) is 11.5 Å². The number of aliphatic hydroxyl groups excluding tert-OH is 1. The molecule has 1 saturated heterocycles. The number of halogens is 2. The smallest absolute Gasteiger partial charge is 0.311 e. The Labute approximate surface area is 202 Å². The summed E-state index contributed by atoms with van der Waals surface area (Å²) in [6.45, 7) is 0. The summed E-state index contributed by atoms with van der Waals surface area (Å²) in [5, 5.41) is 32.7. The first-order valence-electron chi connectivity index (χ1n) is 10.0. The lowest BCUT2D eigenvalue weighted by atomic mass is 9.94. The van der Waals surface area contributed by atoms with E-state index in [1.54, 1.807) is 0 Å². The van der Waals surface area contributed by atoms with Crippen molar-refractivity contribution < 1.29 is 33.9 Å². The van der Waals surface area contributed by atoms with Crippen LogP contribution in [0.4, 0.5) is 15.8 Å². The number of aliphatic hydroxyl groups is 1. The third-order valence-corrected chi connectivity index (χ3v) is 5.78. The summed E-state index contributed by atoms with van der Waals surface area (Å²) in [4.78, 5) is 37.7. The SMILES string of the molecule is COc1cc(/C(O)=C2/C(=O)C(=O)N(c3cccc(F)c3)C2c2ccc(O)c([N+](=O)[O-])c2)ccc1Cl. The highest BCUT2D eigenvalue weighted by molar-refractivity contribution is 6.51. The Kier molecular flexibility index (Phi) is 6.14. The molecule has 1 atom stereocenters. The molecule has 9 nitrogen and oxygen atoms in total. The lowest BCUT2D eigenvalue weighted by Crippen LogP contribution is -2.29. The Morgan fingerprint density at radius 2 is 1.89 bits per heavy atom. The van der Waals surface area contributed by atoms with Crippen molar-refractivity contribution in [2.45, 2.75) is 6.04 Å². The molecule has 4 rings (SSSR count). The number of carbonyl (C=O) groups is 2. The van der Waals surface area contributed by atoms with Crippen LogP contribution in [0.5, 0.6) is 11.5 Å². The minimum Gasteiger partial charge on any atom is -0.507 e. The van der Waals surface area contributed by atoms with E-state index >= 15 is 0 Å². The Bertz CT molecular complexity index is 1420. The number of aromatic hydroxyl groups is 1. The summed E-state index contributed by atoms with van der Waals surface area (Å²) in [7, 11) is 1.35. The Morgan fingerprint density at radius 1 is 1.14 bits per heavy atom. The number of ether oxygens (including phenoxy) is 1. The molecular formula is C24H16ClFN2O7. The van der Waals surface area contributed by atoms with Crippen molar-refractivity contribution in [2.24, 2.45) is 0 Å². The number of phenols is 1. The maximum atomic E-state index is 14.0. The average Bonchev–Trinajstić information content (AvgIpc) is 3.09. The largest absolute Gasteiger partial charge is 0.507 e. The fourth-order valence-corrected chi connectivity index (χ4v) is 4.05. The predicted molar refractivity (Wildman–Crippen MR) is 124 cm³/mol. The number of hydrogen-bond acceptors (Lipinski definition) is 7. The van der Waals surface area contributed by atoms with Crippen LogP contribution in [0, 0.1) is 15.9 Å². The molecule has 1 unspecified atom stereocenters. The summed E-state index contributed by atoms with van der Waals surface area (Å²) in [6, 6.07) is 10.9. The van der Waals surface area contributed by atoms with Gasteiger partial charge in [-0.05, 0) is 48.0 Å². The van der Waals surface area contributed by atoms with E-state index in [1.807, 2.05) is 0 Å². The monoisotopic (exact) mass is 498 g/mol. The highest BCUT2D eigenvalue weighted by Gasteiger charge is 2.47. The fourth-order valence-electron chi connectivity index (χ4n) is 3.86. The van der Waals surface area contributed by atoms with E-state index < -0.39 is 51.2 Å². The molecule has 0 saturated carbocycles. The van der Waals surface area contributed by atoms with Crippen molar-refractivity contribution in [1.29, 1.82) is 0 Å². The molecule has 3 aromatic carbocycles. The number of carbonyl (C=O) groups excluding carboxylic acids is 2. The van der Waals surface area contributed by atoms with Crippen LogP contribution in [0.15, 0.2) is 66.2 Å². The summed E-state index contributed by atoms with van der Waals surface area (Å²) < 4.78 is 19.2. The van der Waals surface area contributed by atoms with Crippen LogP contribution < -0.4 is 9.64 Å². The van der Waals surface area contributed by atoms with Gasteiger partial charge in [0.2, 0.25) is 0 Å². The molecule has 0 radical (unpaired) electrons. The van der Waals surface area contributed by atoms with Crippen LogP contribution in [-0.4, -0.2) is 33.9 Å². The van der Waals surface area contributed by atoms with Crippen molar-refractivity contribution in [3.63, 3.8) is 0 Å². The zero-order chi connectivity index (χ0) is 25.4. The second-order valence-corrected chi connectivity index (χ2v) is 7.91. The molecule has 0 spiro atoms. The third-order valence-electron chi connectivity index (χ3n) is 5.47. The van der Waals surface area contributed by atoms with Crippen LogP contribution >= 0.6 is 11.6 Å². The van der Waals surface area contributed by atoms with Gasteiger partial charge in [0.1, 0.15) is 17.3 Å². The molecular weight excluding hydrogens is 483 g/mol. The standard InChI is InChI=1S/C24H16ClFN2O7/c1-35-19-10-13(5-7-16(19)25)22(30)20-21(12-6-8-18(29)17(9-12)28(33)34)27(24(32)23(20)31)15-4-2-3-14(26)11-15/h2-11,21,29-30H,1H3/b22-20-. The number of anilines is 1. The molecule has 0 aromatic heterocycles. The van der Waals surface area contributed by atoms with E-state index in [0.29, 0.717) is 0 Å². The molecule has 0 bridgehead atoms. The Hall–Kier alpha value is -4.44. The second-order valence-electron chi connectivity index (χ2n) is 7.50. The summed E-state index contributed by atoms with van der Waals surface area (Å²) in [5.74, 6) is -3.92. The first-order chi connectivity index (χ1) is 16.6. The number of benzene rings is 3. The number of rotatable bonds is 5. The van der Waals surface area contributed by atoms with Crippen molar-refractivity contribution in [2.75, 3.05) is 12.0 Å². The number of Topliss-reactive ketones (excluding diaryl/α,β-unsaturated/α-hetero) is 1.